The number of methoxy groups -OCH3 is 1. The molecule has 9 N–H and O–H groups in total. The fourth-order valence-corrected chi connectivity index (χ4v) is 4.93. The van der Waals surface area contributed by atoms with E-state index < -0.39 is 156 Å². The van der Waals surface area contributed by atoms with Crippen LogP contribution in [-0.4, -0.2) is 63.4 Å². The zero-order chi connectivity index (χ0) is 89.6. The van der Waals surface area contributed by atoms with Gasteiger partial charge in [-0.05, 0) is 103 Å². The number of aromatic hydroxyl groups is 4. The van der Waals surface area contributed by atoms with Gasteiger partial charge in [0.25, 0.3) is 2.86 Å². The number of benzene rings is 5. The summed E-state index contributed by atoms with van der Waals surface area (Å²) < 4.78 is 312. The standard InChI is InChI=1S/C16H24O2.C14H23NO.C14H22O.2C6H6O.C2H3ClO2.CH3.ClH.H2O4S.Pd/c1-11(17)18-14-9-8-12(15(2,3)4)10-13(14)16(5,6)7;1-13(2,3)9-7-10(14(4,5)6)12(16)8-11(9)15;1-13(2,3)10-7-8-12(15)11(9-10)14(4,5)6;2*7-6-4-2-1-3-5-6;1-5-2(3)4;;;1-5(2,3)4;/h8-10H,1-7H3;7-8,16H,15H2,1-6H3;7-9,15H,1-6H3;2*1-5,7H;1H3;1H3;1H;(H2,1,2,3,4);/q;;;;;;-1;;;/p+1/i2D3,5D3,6D3,9D;1D3,4D3,5D3;1D3,4D3,5D3,8D;1D,4D,5D;;;;;;/hD5. The molecular weight excluding hydrogens is 1120 g/mol. The van der Waals surface area contributed by atoms with Crippen molar-refractivity contribution in [3.05, 3.63) is 150 Å². The minimum atomic E-state index is -4.66. The van der Waals surface area contributed by atoms with Crippen molar-refractivity contribution in [3.8, 4) is 28.7 Å². The van der Waals surface area contributed by atoms with E-state index in [-0.39, 0.29) is 84.2 Å². The molecule has 0 aromatic heterocycles. The van der Waals surface area contributed by atoms with E-state index in [2.05, 4.69) is 38.9 Å². The molecule has 0 spiro atoms. The molecule has 5 aromatic rings. The quantitative estimate of drug-likeness (QED) is 0.0144. The van der Waals surface area contributed by atoms with Gasteiger partial charge < -0.3 is 47.6 Å². The molecule has 0 saturated carbocycles. The largest absolute Gasteiger partial charge is 0.526 e. The zero-order valence-electron chi connectivity index (χ0n) is 80.6. The first-order valence-corrected chi connectivity index (χ1v) is 22.5. The van der Waals surface area contributed by atoms with Crippen LogP contribution < -0.4 is 10.5 Å². The molecule has 0 bridgehead atoms. The van der Waals surface area contributed by atoms with Crippen molar-refractivity contribution in [3.63, 3.8) is 0 Å². The molecule has 0 aliphatic rings. The SMILES string of the molecule is COC(=O)Cl.Oc1ccccc1.[2H]C([2H])([2H])C(C)(C)c1cc(C(C)(C([2H])([2H])[2H])C([2H])([2H])[2H])c(O)cc1N.[2H]Cl.[2H]Oc1c([2H])cc(C(C)(C)C([2H])([2H])[2H])cc1C(C)(C([2H])([2H])[2H])C([2H])([2H])[2H].[2H]Oc1c([2H])cc([2H])cc1[2H].[2H][O+]([2H])S(=O)(=O)O.[2H]c1cc(C(C)(C)C([2H])([2H])[2H])cc(C(C)(C([2H])([2H])[2H])C([2H])([2H])[2H])c1OC(C)=O.[CH3-].[Pd]. The van der Waals surface area contributed by atoms with Crippen molar-refractivity contribution in [1.82, 2.24) is 0 Å². The van der Waals surface area contributed by atoms with Gasteiger partial charge in [0.05, 0.1) is 14.0 Å². The predicted octanol–water partition coefficient (Wildman–Crippen LogP) is 14.9. The van der Waals surface area contributed by atoms with Crippen LogP contribution >= 0.6 is 23.9 Å². The predicted molar refractivity (Wildman–Crippen MR) is 314 cm³/mol. The van der Waals surface area contributed by atoms with Crippen LogP contribution in [0.15, 0.2) is 109 Å². The summed E-state index contributed by atoms with van der Waals surface area (Å²) >= 11 is 8.49. The van der Waals surface area contributed by atoms with E-state index in [1.54, 1.807) is 24.3 Å². The van der Waals surface area contributed by atoms with Crippen molar-refractivity contribution in [2.75, 3.05) is 12.8 Å². The van der Waals surface area contributed by atoms with Crippen LogP contribution in [0, 0.1) is 7.43 Å². The molecule has 13 nitrogen and oxygen atoms in total. The molecule has 434 valence electrons. The monoisotopic (exact) mass is 1250 g/mol. The molecule has 5 rings (SSSR count). The molecule has 0 aliphatic heterocycles. The first-order chi connectivity index (χ1) is 49.0. The van der Waals surface area contributed by atoms with E-state index in [0.29, 0.717) is 5.75 Å². The number of rotatable bonds is 4. The van der Waals surface area contributed by atoms with Crippen LogP contribution in [0.3, 0.4) is 0 Å². The average Bonchev–Trinajstić information content (AvgIpc) is 0.737. The second-order valence-corrected chi connectivity index (χ2v) is 18.5. The number of hydrogen-bond acceptors (Lipinski definition) is 11. The van der Waals surface area contributed by atoms with Crippen molar-refractivity contribution in [1.29, 1.82) is 6.90 Å². The minimum Gasteiger partial charge on any atom is -0.508 e. The summed E-state index contributed by atoms with van der Waals surface area (Å²) in [6, 6.07) is 16.7. The third kappa shape index (κ3) is 35.5. The van der Waals surface area contributed by atoms with Gasteiger partial charge in [-0.25, -0.2) is 9.35 Å². The number of nitrogen functional groups attached to an aromatic ring is 1. The number of halogens is 2. The van der Waals surface area contributed by atoms with Crippen LogP contribution in [0.4, 0.5) is 10.5 Å². The number of nitrogens with two attached hydrogens (primary N) is 1. The van der Waals surface area contributed by atoms with Gasteiger partial charge in [0.1, 0.15) is 29.9 Å². The Balaban J connectivity index is -0.000000428. The van der Waals surface area contributed by atoms with Gasteiger partial charge in [-0.1, -0.05) is 185 Å². The van der Waals surface area contributed by atoms with Crippen LogP contribution in [0.1, 0.15) is 208 Å². The number of anilines is 1. The molecule has 5 aromatic carbocycles. The van der Waals surface area contributed by atoms with Gasteiger partial charge in [-0.3, -0.25) is 4.79 Å². The number of phenols is 4. The van der Waals surface area contributed by atoms with Crippen LogP contribution in [0.25, 0.3) is 0 Å². The Morgan fingerprint density at radius 1 is 0.658 bits per heavy atom. The van der Waals surface area contributed by atoms with Gasteiger partial charge in [-0.15, -0.1) is 20.7 Å². The van der Waals surface area contributed by atoms with Gasteiger partial charge in [-0.2, -0.15) is 0 Å². The summed E-state index contributed by atoms with van der Waals surface area (Å²) in [6.07, 6.45) is 0. The fraction of sp³-hybridized carbons (Fsp3) is 0.441. The van der Waals surface area contributed by atoms with Crippen molar-refractivity contribution in [2.45, 2.75) is 163 Å². The first kappa shape index (κ1) is 32.9. The maximum atomic E-state index is 11.5. The number of carbonyl (C=O) groups is 2. The average molecular weight is 1250 g/mol. The molecule has 0 aliphatic carbocycles. The summed E-state index contributed by atoms with van der Waals surface area (Å²) in [7, 11) is -3.44. The van der Waals surface area contributed by atoms with E-state index in [1.165, 1.54) is 60.8 Å². The van der Waals surface area contributed by atoms with Crippen LogP contribution in [0.2, 0.25) is 0 Å². The molecule has 0 heterocycles. The van der Waals surface area contributed by atoms with E-state index in [9.17, 15) is 23.1 Å². The van der Waals surface area contributed by atoms with Gasteiger partial charge in [0.15, 0.2) is 0 Å². The summed E-state index contributed by atoms with van der Waals surface area (Å²) in [5, 5.41) is 27.3. The van der Waals surface area contributed by atoms with E-state index in [0.717, 1.165) is 64.1 Å². The number of hydrogen-bond donors (Lipinski definition) is 6. The molecule has 0 radical (unpaired) electrons. The molecule has 0 unspecified atom stereocenters. The Morgan fingerprint density at radius 3 is 1.45 bits per heavy atom. The Labute approximate surface area is 533 Å². The molecule has 17 heteroatoms. The number of para-hydroxylation sites is 2. The maximum absolute atomic E-state index is 11.5. The zero-order valence-corrected chi connectivity index (χ0v) is 47.5. The molecular formula is C59H91Cl2NO12PdS. The number of phenolic OH excluding ortho intramolecular Hbond substituents is 4. The van der Waals surface area contributed by atoms with Crippen molar-refractivity contribution in [2.24, 2.45) is 0 Å². The molecule has 76 heavy (non-hydrogen) atoms. The maximum Gasteiger partial charge on any atom is 0.526 e. The molecule has 0 amide bonds. The van der Waals surface area contributed by atoms with E-state index in [4.69, 9.17) is 70.9 Å². The van der Waals surface area contributed by atoms with Crippen LogP contribution in [-0.2, 0) is 72.8 Å². The smallest absolute Gasteiger partial charge is 0.508 e. The molecule has 0 saturated heterocycles. The Kier molecular flexibility index (Phi) is 14.8. The van der Waals surface area contributed by atoms with E-state index in [1.807, 2.05) is 6.07 Å². The summed E-state index contributed by atoms with van der Waals surface area (Å²) in [4.78, 5) is 20.9. The Bertz CT molecular complexity index is 3930. The van der Waals surface area contributed by atoms with Crippen LogP contribution in [0.5, 0.6) is 28.7 Å². The third-order valence-electron chi connectivity index (χ3n) is 8.44. The van der Waals surface area contributed by atoms with Gasteiger partial charge in [0, 0.05) is 93.3 Å². The van der Waals surface area contributed by atoms with Gasteiger partial charge in [0.2, 0.25) is 0 Å². The number of esters is 1. The topological polar surface area (TPSA) is 237 Å². The first-order valence-electron chi connectivity index (χ1n) is 38.7. The number of ether oxygens (including phenoxy) is 2. The summed E-state index contributed by atoms with van der Waals surface area (Å²) in [5.41, 5.74) is -7.90. The summed E-state index contributed by atoms with van der Waals surface area (Å²) in [6.45, 7) is -13.3. The number of carbonyl (C=O) groups excluding carboxylic acids is 2. The summed E-state index contributed by atoms with van der Waals surface area (Å²) in [5.74, 6) is -2.28. The van der Waals surface area contributed by atoms with Crippen molar-refractivity contribution >= 4 is 51.4 Å². The second-order valence-electron chi connectivity index (χ2n) is 17.3. The minimum absolute atomic E-state index is 0. The molecule has 0 fully saturated rings. The second kappa shape index (κ2) is 34.1. The normalized spacial score (nSPS) is 19.4. The fourth-order valence-electron chi connectivity index (χ4n) is 4.93. The van der Waals surface area contributed by atoms with Crippen molar-refractivity contribution < 1.29 is 121 Å². The Hall–Kier alpha value is -4.85. The molecule has 0 atom stereocenters. The van der Waals surface area contributed by atoms with Gasteiger partial charge >= 0.3 is 24.7 Å². The third-order valence-corrected chi connectivity index (χ3v) is 8.60. The Morgan fingerprint density at radius 2 is 1.08 bits per heavy atom. The van der Waals surface area contributed by atoms with E-state index >= 15 is 0 Å².